The fourth-order valence-corrected chi connectivity index (χ4v) is 1.28. The minimum Gasteiger partial charge on any atom is -0.393 e. The zero-order valence-electron chi connectivity index (χ0n) is 9.00. The first-order valence-electron chi connectivity index (χ1n) is 4.91. The zero-order chi connectivity index (χ0) is 10.6. The molecule has 0 aromatic carbocycles. The van der Waals surface area contributed by atoms with Crippen LogP contribution in [-0.4, -0.2) is 22.9 Å². The van der Waals surface area contributed by atoms with Gasteiger partial charge in [-0.25, -0.2) is 0 Å². The summed E-state index contributed by atoms with van der Waals surface area (Å²) in [6.45, 7) is 7.20. The van der Waals surface area contributed by atoms with E-state index in [0.29, 0.717) is 0 Å². The van der Waals surface area contributed by atoms with Crippen molar-refractivity contribution in [1.82, 2.24) is 10.5 Å². The summed E-state index contributed by atoms with van der Waals surface area (Å²) < 4.78 is 5.03. The Balaban J connectivity index is 2.31. The molecule has 0 saturated heterocycles. The molecule has 0 radical (unpaired) electrons. The molecule has 0 bridgehead atoms. The van der Waals surface area contributed by atoms with Crippen LogP contribution in [0.15, 0.2) is 4.52 Å². The Bertz CT molecular complexity index is 262. The first kappa shape index (κ1) is 11.2. The standard InChI is InChI=1S/C10H18N2O2/c1-7(13)4-5-11-6-10-8(2)12-14-9(10)3/h7,11,13H,4-6H2,1-3H3. The molecule has 0 amide bonds. The number of aryl methyl sites for hydroxylation is 2. The van der Waals surface area contributed by atoms with Gasteiger partial charge < -0.3 is 14.9 Å². The zero-order valence-corrected chi connectivity index (χ0v) is 9.00. The van der Waals surface area contributed by atoms with E-state index in [1.807, 2.05) is 13.8 Å². The number of hydrogen-bond acceptors (Lipinski definition) is 4. The van der Waals surface area contributed by atoms with Gasteiger partial charge in [-0.3, -0.25) is 0 Å². The quantitative estimate of drug-likeness (QED) is 0.697. The van der Waals surface area contributed by atoms with Crippen molar-refractivity contribution >= 4 is 0 Å². The lowest BCUT2D eigenvalue weighted by Crippen LogP contribution is -2.19. The largest absolute Gasteiger partial charge is 0.393 e. The molecule has 0 aliphatic carbocycles. The molecule has 2 N–H and O–H groups in total. The Morgan fingerprint density at radius 3 is 2.71 bits per heavy atom. The maximum Gasteiger partial charge on any atom is 0.138 e. The maximum absolute atomic E-state index is 9.05. The lowest BCUT2D eigenvalue weighted by Gasteiger charge is -2.05. The van der Waals surface area contributed by atoms with Gasteiger partial charge in [-0.05, 0) is 33.7 Å². The number of aromatic nitrogens is 1. The molecule has 1 aromatic rings. The summed E-state index contributed by atoms with van der Waals surface area (Å²) >= 11 is 0. The molecule has 4 nitrogen and oxygen atoms in total. The fourth-order valence-electron chi connectivity index (χ4n) is 1.28. The molecule has 1 aromatic heterocycles. The number of nitrogens with one attached hydrogen (secondary N) is 1. The molecule has 0 saturated carbocycles. The number of aliphatic hydroxyl groups excluding tert-OH is 1. The van der Waals surface area contributed by atoms with Crippen molar-refractivity contribution in [3.63, 3.8) is 0 Å². The normalized spacial score (nSPS) is 13.1. The molecule has 0 fully saturated rings. The first-order valence-corrected chi connectivity index (χ1v) is 4.91. The third-order valence-electron chi connectivity index (χ3n) is 2.22. The van der Waals surface area contributed by atoms with Crippen molar-refractivity contribution in [2.45, 2.75) is 39.8 Å². The van der Waals surface area contributed by atoms with Crippen molar-refractivity contribution < 1.29 is 9.63 Å². The van der Waals surface area contributed by atoms with Crippen LogP contribution in [0.1, 0.15) is 30.4 Å². The highest BCUT2D eigenvalue weighted by atomic mass is 16.5. The summed E-state index contributed by atoms with van der Waals surface area (Å²) in [5.74, 6) is 0.868. The maximum atomic E-state index is 9.05. The van der Waals surface area contributed by atoms with Gasteiger partial charge in [0, 0.05) is 12.1 Å². The van der Waals surface area contributed by atoms with E-state index >= 15 is 0 Å². The van der Waals surface area contributed by atoms with Crippen LogP contribution in [-0.2, 0) is 6.54 Å². The van der Waals surface area contributed by atoms with E-state index < -0.39 is 0 Å². The number of aliphatic hydroxyl groups is 1. The van der Waals surface area contributed by atoms with Crippen molar-refractivity contribution in [2.24, 2.45) is 0 Å². The molecule has 80 valence electrons. The molecule has 0 spiro atoms. The van der Waals surface area contributed by atoms with Crippen LogP contribution in [0.4, 0.5) is 0 Å². The van der Waals surface area contributed by atoms with Gasteiger partial charge in [-0.15, -0.1) is 0 Å². The summed E-state index contributed by atoms with van der Waals surface area (Å²) in [4.78, 5) is 0. The minimum absolute atomic E-state index is 0.243. The number of rotatable bonds is 5. The third-order valence-corrected chi connectivity index (χ3v) is 2.22. The molecule has 1 heterocycles. The Hall–Kier alpha value is -0.870. The summed E-state index contributed by atoms with van der Waals surface area (Å²) in [7, 11) is 0. The fraction of sp³-hybridized carbons (Fsp3) is 0.700. The highest BCUT2D eigenvalue weighted by molar-refractivity contribution is 5.20. The lowest BCUT2D eigenvalue weighted by atomic mass is 10.2. The van der Waals surface area contributed by atoms with E-state index in [4.69, 9.17) is 9.63 Å². The topological polar surface area (TPSA) is 58.3 Å². The van der Waals surface area contributed by atoms with Crippen molar-refractivity contribution in [3.8, 4) is 0 Å². The van der Waals surface area contributed by atoms with Crippen LogP contribution in [0.2, 0.25) is 0 Å². The molecular weight excluding hydrogens is 180 g/mol. The van der Waals surface area contributed by atoms with E-state index in [0.717, 1.165) is 36.5 Å². The Morgan fingerprint density at radius 1 is 1.50 bits per heavy atom. The molecule has 0 aliphatic heterocycles. The van der Waals surface area contributed by atoms with Crippen molar-refractivity contribution in [3.05, 3.63) is 17.0 Å². The van der Waals surface area contributed by atoms with E-state index in [-0.39, 0.29) is 6.10 Å². The van der Waals surface area contributed by atoms with Gasteiger partial charge >= 0.3 is 0 Å². The second kappa shape index (κ2) is 5.12. The van der Waals surface area contributed by atoms with Gasteiger partial charge in [-0.1, -0.05) is 5.16 Å². The van der Waals surface area contributed by atoms with Gasteiger partial charge in [0.1, 0.15) is 5.76 Å². The van der Waals surface area contributed by atoms with Gasteiger partial charge in [0.05, 0.1) is 11.8 Å². The van der Waals surface area contributed by atoms with Crippen LogP contribution in [0.5, 0.6) is 0 Å². The summed E-state index contributed by atoms with van der Waals surface area (Å²) in [6.07, 6.45) is 0.524. The van der Waals surface area contributed by atoms with E-state index in [2.05, 4.69) is 10.5 Å². The average Bonchev–Trinajstić information content (AvgIpc) is 2.42. The Kier molecular flexibility index (Phi) is 4.10. The minimum atomic E-state index is -0.243. The molecule has 1 rings (SSSR count). The number of hydrogen-bond donors (Lipinski definition) is 2. The van der Waals surface area contributed by atoms with Crippen LogP contribution in [0, 0.1) is 13.8 Å². The predicted octanol–water partition coefficient (Wildman–Crippen LogP) is 1.15. The summed E-state index contributed by atoms with van der Waals surface area (Å²) in [5, 5.41) is 16.2. The van der Waals surface area contributed by atoms with Crippen molar-refractivity contribution in [1.29, 1.82) is 0 Å². The molecule has 1 atom stereocenters. The highest BCUT2D eigenvalue weighted by Crippen LogP contribution is 2.11. The van der Waals surface area contributed by atoms with Gasteiger partial charge in [0.15, 0.2) is 0 Å². The molecule has 14 heavy (non-hydrogen) atoms. The van der Waals surface area contributed by atoms with Crippen LogP contribution >= 0.6 is 0 Å². The SMILES string of the molecule is Cc1noc(C)c1CNCCC(C)O. The second-order valence-corrected chi connectivity index (χ2v) is 3.62. The van der Waals surface area contributed by atoms with Crippen LogP contribution in [0.3, 0.4) is 0 Å². The molecule has 0 aliphatic rings. The first-order chi connectivity index (χ1) is 6.61. The smallest absolute Gasteiger partial charge is 0.138 e. The third kappa shape index (κ3) is 3.12. The average molecular weight is 198 g/mol. The Morgan fingerprint density at radius 2 is 2.21 bits per heavy atom. The molecule has 1 unspecified atom stereocenters. The van der Waals surface area contributed by atoms with Gasteiger partial charge in [0.2, 0.25) is 0 Å². The lowest BCUT2D eigenvalue weighted by molar-refractivity contribution is 0.183. The predicted molar refractivity (Wildman–Crippen MR) is 54.0 cm³/mol. The highest BCUT2D eigenvalue weighted by Gasteiger charge is 2.07. The number of nitrogens with zero attached hydrogens (tertiary/aromatic N) is 1. The van der Waals surface area contributed by atoms with Crippen LogP contribution in [0.25, 0.3) is 0 Å². The molecule has 4 heteroatoms. The Labute approximate surface area is 84.3 Å². The van der Waals surface area contributed by atoms with E-state index in [1.165, 1.54) is 0 Å². The van der Waals surface area contributed by atoms with Crippen LogP contribution < -0.4 is 5.32 Å². The van der Waals surface area contributed by atoms with Gasteiger partial charge in [-0.2, -0.15) is 0 Å². The summed E-state index contributed by atoms with van der Waals surface area (Å²) in [6, 6.07) is 0. The van der Waals surface area contributed by atoms with Gasteiger partial charge in [0.25, 0.3) is 0 Å². The summed E-state index contributed by atoms with van der Waals surface area (Å²) in [5.41, 5.74) is 2.06. The van der Waals surface area contributed by atoms with E-state index in [9.17, 15) is 0 Å². The van der Waals surface area contributed by atoms with E-state index in [1.54, 1.807) is 6.92 Å². The second-order valence-electron chi connectivity index (χ2n) is 3.62. The monoisotopic (exact) mass is 198 g/mol. The van der Waals surface area contributed by atoms with Crippen molar-refractivity contribution in [2.75, 3.05) is 6.54 Å². The molecular formula is C10H18N2O2.